The monoisotopic (exact) mass is 326 g/mol. The molecule has 1 saturated carbocycles. The molecule has 1 heterocycles. The average Bonchev–Trinajstić information content (AvgIpc) is 3.40. The van der Waals surface area contributed by atoms with E-state index in [9.17, 15) is 4.79 Å². The van der Waals surface area contributed by atoms with Gasteiger partial charge in [-0.05, 0) is 51.2 Å². The van der Waals surface area contributed by atoms with E-state index in [1.165, 1.54) is 19.3 Å². The van der Waals surface area contributed by atoms with Crippen LogP contribution in [0.2, 0.25) is 0 Å². The second kappa shape index (κ2) is 6.22. The van der Waals surface area contributed by atoms with Crippen LogP contribution in [0.4, 0.5) is 11.4 Å². The van der Waals surface area contributed by atoms with Crippen LogP contribution in [0.5, 0.6) is 0 Å². The highest BCUT2D eigenvalue weighted by molar-refractivity contribution is 6.00. The van der Waals surface area contributed by atoms with Gasteiger partial charge in [-0.25, -0.2) is 4.85 Å². The van der Waals surface area contributed by atoms with E-state index in [2.05, 4.69) is 17.1 Å². The Bertz CT molecular complexity index is 668. The molecule has 1 aromatic rings. The fraction of sp³-hybridized carbons (Fsp3) is 0.600. The van der Waals surface area contributed by atoms with Crippen LogP contribution in [0.15, 0.2) is 12.1 Å². The Kier molecular flexibility index (Phi) is 4.40. The van der Waals surface area contributed by atoms with E-state index in [0.717, 1.165) is 53.8 Å². The molecule has 2 fully saturated rings. The second-order valence-corrected chi connectivity index (χ2v) is 7.52. The van der Waals surface area contributed by atoms with E-state index in [4.69, 9.17) is 6.57 Å². The molecule has 2 aliphatic rings. The third-order valence-corrected chi connectivity index (χ3v) is 6.22. The van der Waals surface area contributed by atoms with Gasteiger partial charge in [0.2, 0.25) is 0 Å². The lowest BCUT2D eigenvalue weighted by molar-refractivity contribution is -0.955. The van der Waals surface area contributed by atoms with E-state index in [-0.39, 0.29) is 11.4 Å². The quantitative estimate of drug-likeness (QED) is 0.648. The molecule has 3 rings (SSSR count). The van der Waals surface area contributed by atoms with Crippen molar-refractivity contribution in [2.24, 2.45) is 0 Å². The number of amides is 1. The molecule has 1 saturated heterocycles. The number of nitrogens with zero attached hydrogens (tertiary/aromatic N) is 2. The van der Waals surface area contributed by atoms with Crippen LogP contribution < -0.4 is 5.32 Å². The van der Waals surface area contributed by atoms with Gasteiger partial charge in [0.05, 0.1) is 26.2 Å². The van der Waals surface area contributed by atoms with Crippen molar-refractivity contribution in [3.63, 3.8) is 0 Å². The van der Waals surface area contributed by atoms with Crippen molar-refractivity contribution in [1.29, 1.82) is 0 Å². The SMILES string of the molecule is [C-]#[N+]c1cc(C)c(NC(=O)C2([N+]3(CC)CCCCC3)CC2)c(C)c1. The van der Waals surface area contributed by atoms with Gasteiger partial charge in [-0.15, -0.1) is 0 Å². The summed E-state index contributed by atoms with van der Waals surface area (Å²) in [5, 5.41) is 3.23. The van der Waals surface area contributed by atoms with E-state index in [1.807, 2.05) is 26.0 Å². The van der Waals surface area contributed by atoms with Crippen molar-refractivity contribution in [2.45, 2.75) is 58.4 Å². The van der Waals surface area contributed by atoms with Gasteiger partial charge in [-0.2, -0.15) is 0 Å². The Hall–Kier alpha value is -1.86. The third-order valence-electron chi connectivity index (χ3n) is 6.22. The first-order valence-corrected chi connectivity index (χ1v) is 9.14. The molecule has 128 valence electrons. The maximum atomic E-state index is 13.2. The fourth-order valence-corrected chi connectivity index (χ4v) is 4.63. The molecule has 4 nitrogen and oxygen atoms in total. The fourth-order valence-electron chi connectivity index (χ4n) is 4.63. The Morgan fingerprint density at radius 2 is 1.79 bits per heavy atom. The van der Waals surface area contributed by atoms with Crippen LogP contribution in [-0.2, 0) is 4.79 Å². The molecular weight excluding hydrogens is 298 g/mol. The smallest absolute Gasteiger partial charge is 0.285 e. The van der Waals surface area contributed by atoms with Crippen LogP contribution in [0.25, 0.3) is 4.85 Å². The van der Waals surface area contributed by atoms with Crippen molar-refractivity contribution in [1.82, 2.24) is 0 Å². The molecule has 4 heteroatoms. The van der Waals surface area contributed by atoms with Crippen LogP contribution in [0, 0.1) is 20.4 Å². The van der Waals surface area contributed by atoms with Crippen LogP contribution in [0.3, 0.4) is 0 Å². The molecule has 1 aliphatic heterocycles. The average molecular weight is 326 g/mol. The van der Waals surface area contributed by atoms with E-state index in [1.54, 1.807) is 0 Å². The summed E-state index contributed by atoms with van der Waals surface area (Å²) < 4.78 is 0.969. The largest absolute Gasteiger partial charge is 0.320 e. The first-order chi connectivity index (χ1) is 11.5. The maximum Gasteiger partial charge on any atom is 0.285 e. The molecule has 0 aromatic heterocycles. The number of benzene rings is 1. The first kappa shape index (κ1) is 17.0. The zero-order valence-electron chi connectivity index (χ0n) is 15.1. The number of rotatable bonds is 4. The predicted molar refractivity (Wildman–Crippen MR) is 97.2 cm³/mol. The predicted octanol–water partition coefficient (Wildman–Crippen LogP) is 4.35. The highest BCUT2D eigenvalue weighted by atomic mass is 16.2. The molecule has 1 aliphatic carbocycles. The number of carbonyl (C=O) groups is 1. The molecule has 1 N–H and O–H groups in total. The topological polar surface area (TPSA) is 33.5 Å². The van der Waals surface area contributed by atoms with Gasteiger partial charge in [-0.1, -0.05) is 12.1 Å². The Balaban J connectivity index is 1.86. The number of hydrogen-bond donors (Lipinski definition) is 1. The normalized spacial score (nSPS) is 20.9. The standard InChI is InChI=1S/C20H27N3O/c1-5-23(11-7-6-8-12-23)20(9-10-20)19(24)22-18-15(2)13-17(21-4)14-16(18)3/h13-14H,5-12H2,1-3H3/p+1. The molecule has 24 heavy (non-hydrogen) atoms. The number of aryl methyl sites for hydroxylation is 2. The highest BCUT2D eigenvalue weighted by Gasteiger charge is 2.65. The van der Waals surface area contributed by atoms with Crippen molar-refractivity contribution in [3.05, 3.63) is 34.7 Å². The molecule has 1 amide bonds. The minimum absolute atomic E-state index is 0.188. The van der Waals surface area contributed by atoms with E-state index < -0.39 is 0 Å². The number of hydrogen-bond acceptors (Lipinski definition) is 1. The van der Waals surface area contributed by atoms with Crippen molar-refractivity contribution < 1.29 is 9.28 Å². The second-order valence-electron chi connectivity index (χ2n) is 7.52. The maximum absolute atomic E-state index is 13.2. The van der Waals surface area contributed by atoms with Crippen LogP contribution in [-0.4, -0.2) is 35.6 Å². The number of quaternary nitrogens is 1. The molecule has 0 bridgehead atoms. The summed E-state index contributed by atoms with van der Waals surface area (Å²) in [5.74, 6) is 0.188. The van der Waals surface area contributed by atoms with E-state index in [0.29, 0.717) is 5.69 Å². The van der Waals surface area contributed by atoms with E-state index >= 15 is 0 Å². The van der Waals surface area contributed by atoms with Gasteiger partial charge in [-0.3, -0.25) is 4.79 Å². The van der Waals surface area contributed by atoms with Crippen LogP contribution >= 0.6 is 0 Å². The molecule has 0 spiro atoms. The lowest BCUT2D eigenvalue weighted by atomic mass is 10.00. The highest BCUT2D eigenvalue weighted by Crippen LogP contribution is 2.49. The molecule has 0 atom stereocenters. The zero-order valence-corrected chi connectivity index (χ0v) is 15.1. The van der Waals surface area contributed by atoms with Gasteiger partial charge in [0.15, 0.2) is 11.2 Å². The number of carbonyl (C=O) groups excluding carboxylic acids is 1. The lowest BCUT2D eigenvalue weighted by Gasteiger charge is -2.46. The Morgan fingerprint density at radius 3 is 2.25 bits per heavy atom. The Labute approximate surface area is 145 Å². The van der Waals surface area contributed by atoms with Gasteiger partial charge in [0, 0.05) is 18.5 Å². The number of likely N-dealkylation sites (N-methyl/N-ethyl adjacent to an activating group) is 1. The van der Waals surface area contributed by atoms with Crippen LogP contribution in [0.1, 0.15) is 50.2 Å². The third kappa shape index (κ3) is 2.61. The number of anilines is 1. The minimum atomic E-state index is -0.216. The zero-order chi connectivity index (χ0) is 17.4. The number of piperidine rings is 1. The summed E-state index contributed by atoms with van der Waals surface area (Å²) in [6.45, 7) is 16.7. The summed E-state index contributed by atoms with van der Waals surface area (Å²) in [6, 6.07) is 3.72. The first-order valence-electron chi connectivity index (χ1n) is 9.14. The van der Waals surface area contributed by atoms with Crippen molar-refractivity contribution in [2.75, 3.05) is 25.0 Å². The summed E-state index contributed by atoms with van der Waals surface area (Å²) in [7, 11) is 0. The molecule has 1 aromatic carbocycles. The number of nitrogens with one attached hydrogen (secondary N) is 1. The van der Waals surface area contributed by atoms with Gasteiger partial charge >= 0.3 is 0 Å². The lowest BCUT2D eigenvalue weighted by Crippen LogP contribution is -2.64. The summed E-state index contributed by atoms with van der Waals surface area (Å²) in [4.78, 5) is 16.7. The summed E-state index contributed by atoms with van der Waals surface area (Å²) in [6.07, 6.45) is 5.78. The molecule has 0 unspecified atom stereocenters. The van der Waals surface area contributed by atoms with Crippen molar-refractivity contribution in [3.8, 4) is 0 Å². The van der Waals surface area contributed by atoms with Crippen molar-refractivity contribution >= 4 is 17.3 Å². The van der Waals surface area contributed by atoms with Gasteiger partial charge < -0.3 is 9.80 Å². The minimum Gasteiger partial charge on any atom is -0.320 e. The summed E-state index contributed by atoms with van der Waals surface area (Å²) in [5.41, 5.74) is 3.27. The Morgan fingerprint density at radius 1 is 1.21 bits per heavy atom. The molecular formula is C20H28N3O+. The van der Waals surface area contributed by atoms with Gasteiger partial charge in [0.1, 0.15) is 0 Å². The van der Waals surface area contributed by atoms with Gasteiger partial charge in [0.25, 0.3) is 5.91 Å². The molecule has 0 radical (unpaired) electrons. The number of likely N-dealkylation sites (tertiary alicyclic amines) is 1. The summed E-state index contributed by atoms with van der Waals surface area (Å²) >= 11 is 0.